The molecule has 6 nitrogen and oxygen atoms in total. The molecular formula is C16H27NO5S. The van der Waals surface area contributed by atoms with Crippen molar-refractivity contribution in [2.24, 2.45) is 11.8 Å². The summed E-state index contributed by atoms with van der Waals surface area (Å²) < 4.78 is 33.5. The zero-order valence-corrected chi connectivity index (χ0v) is 14.3. The third kappa shape index (κ3) is 4.25. The molecule has 2 N–H and O–H groups in total. The van der Waals surface area contributed by atoms with Gasteiger partial charge < -0.3 is 9.84 Å². The van der Waals surface area contributed by atoms with E-state index in [9.17, 15) is 13.2 Å². The summed E-state index contributed by atoms with van der Waals surface area (Å²) in [6.07, 6.45) is 7.79. The van der Waals surface area contributed by atoms with Crippen LogP contribution in [-0.4, -0.2) is 43.5 Å². The Bertz CT molecular complexity index is 535. The minimum absolute atomic E-state index is 0.118. The van der Waals surface area contributed by atoms with E-state index in [2.05, 4.69) is 4.72 Å². The van der Waals surface area contributed by atoms with Crippen LogP contribution in [0.4, 0.5) is 0 Å². The summed E-state index contributed by atoms with van der Waals surface area (Å²) in [5, 5.41) is 9.01. The molecule has 2 aliphatic carbocycles. The molecule has 2 saturated carbocycles. The van der Waals surface area contributed by atoms with Gasteiger partial charge in [0.1, 0.15) is 0 Å². The Hall–Kier alpha value is -0.660. The molecular weight excluding hydrogens is 318 g/mol. The summed E-state index contributed by atoms with van der Waals surface area (Å²) in [4.78, 5) is 11.0. The lowest BCUT2D eigenvalue weighted by Crippen LogP contribution is -2.56. The largest absolute Gasteiger partial charge is 0.481 e. The number of sulfonamides is 1. The summed E-state index contributed by atoms with van der Waals surface area (Å²) in [5.74, 6) is -0.600. The zero-order valence-electron chi connectivity index (χ0n) is 13.5. The Labute approximate surface area is 138 Å². The van der Waals surface area contributed by atoms with Gasteiger partial charge in [-0.25, -0.2) is 13.1 Å². The van der Waals surface area contributed by atoms with Crippen LogP contribution in [0.5, 0.6) is 0 Å². The minimum Gasteiger partial charge on any atom is -0.481 e. The number of hydrogen-bond acceptors (Lipinski definition) is 4. The van der Waals surface area contributed by atoms with E-state index in [4.69, 9.17) is 9.84 Å². The van der Waals surface area contributed by atoms with E-state index in [1.165, 1.54) is 6.42 Å². The average molecular weight is 345 g/mol. The van der Waals surface area contributed by atoms with Gasteiger partial charge in [-0.15, -0.1) is 0 Å². The Morgan fingerprint density at radius 2 is 1.83 bits per heavy atom. The lowest BCUT2D eigenvalue weighted by molar-refractivity contribution is -0.180. The van der Waals surface area contributed by atoms with E-state index in [-0.39, 0.29) is 23.6 Å². The number of hydrogen-bond donors (Lipinski definition) is 2. The SMILES string of the molecule is O=C(O)C1CC2(CC(NS(=O)(=O)CC3CCCCC3)CCO2)C1. The van der Waals surface area contributed by atoms with Crippen LogP contribution in [0.1, 0.15) is 57.8 Å². The van der Waals surface area contributed by atoms with E-state index >= 15 is 0 Å². The number of carboxylic acid groups (broad SMARTS) is 1. The van der Waals surface area contributed by atoms with E-state index in [0.29, 0.717) is 32.3 Å². The van der Waals surface area contributed by atoms with Crippen LogP contribution in [0.3, 0.4) is 0 Å². The molecule has 0 amide bonds. The molecule has 1 saturated heterocycles. The molecule has 0 aromatic carbocycles. The van der Waals surface area contributed by atoms with Crippen molar-refractivity contribution in [3.63, 3.8) is 0 Å². The highest BCUT2D eigenvalue weighted by atomic mass is 32.2. The molecule has 0 radical (unpaired) electrons. The van der Waals surface area contributed by atoms with Gasteiger partial charge in [-0.05, 0) is 44.4 Å². The van der Waals surface area contributed by atoms with Crippen molar-refractivity contribution in [1.82, 2.24) is 4.72 Å². The molecule has 1 spiro atoms. The molecule has 1 unspecified atom stereocenters. The summed E-state index contributed by atoms with van der Waals surface area (Å²) in [6.45, 7) is 0.503. The molecule has 1 aliphatic heterocycles. The maximum Gasteiger partial charge on any atom is 0.306 e. The molecule has 0 bridgehead atoms. The van der Waals surface area contributed by atoms with Crippen LogP contribution >= 0.6 is 0 Å². The Balaban J connectivity index is 1.52. The van der Waals surface area contributed by atoms with Gasteiger partial charge in [-0.1, -0.05) is 19.3 Å². The fourth-order valence-electron chi connectivity index (χ4n) is 4.39. The lowest BCUT2D eigenvalue weighted by atomic mass is 9.67. The maximum atomic E-state index is 12.4. The summed E-state index contributed by atoms with van der Waals surface area (Å²) >= 11 is 0. The maximum absolute atomic E-state index is 12.4. The number of nitrogens with one attached hydrogen (secondary N) is 1. The lowest BCUT2D eigenvalue weighted by Gasteiger charge is -2.50. The third-order valence-corrected chi connectivity index (χ3v) is 7.21. The highest BCUT2D eigenvalue weighted by Gasteiger charge is 2.51. The van der Waals surface area contributed by atoms with Crippen LogP contribution in [0, 0.1) is 11.8 Å². The first-order chi connectivity index (χ1) is 10.9. The third-order valence-electron chi connectivity index (χ3n) is 5.61. The normalized spacial score (nSPS) is 35.8. The molecule has 3 rings (SSSR count). The van der Waals surface area contributed by atoms with Gasteiger partial charge in [0.05, 0.1) is 17.3 Å². The molecule has 1 atom stereocenters. The monoisotopic (exact) mass is 345 g/mol. The van der Waals surface area contributed by atoms with Crippen molar-refractivity contribution in [2.75, 3.05) is 12.4 Å². The first kappa shape index (κ1) is 17.2. The van der Waals surface area contributed by atoms with Crippen LogP contribution in [0.15, 0.2) is 0 Å². The second kappa shape index (κ2) is 6.69. The van der Waals surface area contributed by atoms with Gasteiger partial charge >= 0.3 is 5.97 Å². The van der Waals surface area contributed by atoms with E-state index < -0.39 is 21.6 Å². The van der Waals surface area contributed by atoms with Crippen molar-refractivity contribution in [2.45, 2.75) is 69.4 Å². The van der Waals surface area contributed by atoms with Gasteiger partial charge in [0.25, 0.3) is 0 Å². The van der Waals surface area contributed by atoms with Crippen LogP contribution in [0.2, 0.25) is 0 Å². The first-order valence-electron chi connectivity index (χ1n) is 8.74. The van der Waals surface area contributed by atoms with Crippen molar-refractivity contribution >= 4 is 16.0 Å². The predicted octanol–water partition coefficient (Wildman–Crippen LogP) is 1.90. The number of carbonyl (C=O) groups is 1. The second-order valence-electron chi connectivity index (χ2n) is 7.57. The molecule has 3 fully saturated rings. The fraction of sp³-hybridized carbons (Fsp3) is 0.938. The first-order valence-corrected chi connectivity index (χ1v) is 10.4. The topological polar surface area (TPSA) is 92.7 Å². The molecule has 3 aliphatic rings. The minimum atomic E-state index is -3.27. The second-order valence-corrected chi connectivity index (χ2v) is 9.37. The predicted molar refractivity (Wildman–Crippen MR) is 85.6 cm³/mol. The van der Waals surface area contributed by atoms with Gasteiger partial charge in [-0.2, -0.15) is 0 Å². The van der Waals surface area contributed by atoms with Gasteiger partial charge in [0.2, 0.25) is 10.0 Å². The average Bonchev–Trinajstić information content (AvgIpc) is 2.44. The van der Waals surface area contributed by atoms with E-state index in [1.54, 1.807) is 0 Å². The number of carboxylic acids is 1. The van der Waals surface area contributed by atoms with E-state index in [1.807, 2.05) is 0 Å². The molecule has 23 heavy (non-hydrogen) atoms. The fourth-order valence-corrected chi connectivity index (χ4v) is 6.15. The molecule has 7 heteroatoms. The highest BCUT2D eigenvalue weighted by Crippen LogP contribution is 2.46. The number of aliphatic carboxylic acids is 1. The molecule has 0 aromatic rings. The van der Waals surface area contributed by atoms with Crippen molar-refractivity contribution in [3.8, 4) is 0 Å². The summed E-state index contributed by atoms with van der Waals surface area (Å²) in [5.41, 5.74) is -0.417. The highest BCUT2D eigenvalue weighted by molar-refractivity contribution is 7.89. The summed E-state index contributed by atoms with van der Waals surface area (Å²) in [6, 6.07) is -0.118. The van der Waals surface area contributed by atoms with E-state index in [0.717, 1.165) is 25.7 Å². The molecule has 0 aromatic heterocycles. The Morgan fingerprint density at radius 1 is 1.13 bits per heavy atom. The van der Waals surface area contributed by atoms with Crippen LogP contribution in [0.25, 0.3) is 0 Å². The standard InChI is InChI=1S/C16H27NO5S/c18-15(19)13-8-16(9-13)10-14(6-7-22-16)17-23(20,21)11-12-4-2-1-3-5-12/h12-14,17H,1-11H2,(H,18,19). The van der Waals surface area contributed by atoms with Gasteiger partial charge in [-0.3, -0.25) is 4.79 Å². The van der Waals surface area contributed by atoms with Crippen molar-refractivity contribution in [1.29, 1.82) is 0 Å². The molecule has 132 valence electrons. The van der Waals surface area contributed by atoms with Crippen molar-refractivity contribution < 1.29 is 23.1 Å². The molecule has 1 heterocycles. The Morgan fingerprint density at radius 3 is 2.48 bits per heavy atom. The van der Waals surface area contributed by atoms with Gasteiger partial charge in [0, 0.05) is 12.6 Å². The number of ether oxygens (including phenoxy) is 1. The van der Waals surface area contributed by atoms with Gasteiger partial charge in [0.15, 0.2) is 0 Å². The van der Waals surface area contributed by atoms with Crippen molar-refractivity contribution in [3.05, 3.63) is 0 Å². The smallest absolute Gasteiger partial charge is 0.306 e. The van der Waals surface area contributed by atoms with Crippen LogP contribution in [-0.2, 0) is 19.6 Å². The number of rotatable bonds is 5. The quantitative estimate of drug-likeness (QED) is 0.794. The zero-order chi connectivity index (χ0) is 16.5. The Kier molecular flexibility index (Phi) is 4.99. The van der Waals surface area contributed by atoms with Crippen LogP contribution < -0.4 is 4.72 Å². The summed E-state index contributed by atoms with van der Waals surface area (Å²) in [7, 11) is -3.27.